The molecule has 1 N–H and O–H groups in total. The van der Waals surface area contributed by atoms with E-state index in [0.717, 1.165) is 19.2 Å². The number of sulfonamides is 1. The molecule has 0 aromatic heterocycles. The van der Waals surface area contributed by atoms with E-state index in [2.05, 4.69) is 4.84 Å². The van der Waals surface area contributed by atoms with Crippen LogP contribution in [0.25, 0.3) is 0 Å². The van der Waals surface area contributed by atoms with Crippen LogP contribution in [0.2, 0.25) is 5.02 Å². The third-order valence-electron chi connectivity index (χ3n) is 1.66. The number of hydrogen-bond donors (Lipinski definition) is 1. The molecule has 0 saturated heterocycles. The van der Waals surface area contributed by atoms with Crippen molar-refractivity contribution in [3.63, 3.8) is 0 Å². The molecule has 1 rings (SSSR count). The molecule has 1 aromatic carbocycles. The number of aldehydes is 1. The highest BCUT2D eigenvalue weighted by atomic mass is 35.5. The Kier molecular flexibility index (Phi) is 3.98. The highest BCUT2D eigenvalue weighted by Gasteiger charge is 2.21. The number of carbonyl (C=O) groups is 1. The summed E-state index contributed by atoms with van der Waals surface area (Å²) in [6, 6.07) is 1.57. The van der Waals surface area contributed by atoms with Crippen LogP contribution in [0.15, 0.2) is 17.0 Å². The van der Waals surface area contributed by atoms with Gasteiger partial charge in [0.15, 0.2) is 6.29 Å². The Labute approximate surface area is 96.2 Å². The Bertz CT molecular complexity index is 517. The molecule has 5 nitrogen and oxygen atoms in total. The molecule has 1 aromatic rings. The van der Waals surface area contributed by atoms with E-state index in [9.17, 15) is 17.6 Å². The molecule has 88 valence electrons. The Morgan fingerprint density at radius 1 is 1.50 bits per heavy atom. The van der Waals surface area contributed by atoms with Crippen molar-refractivity contribution >= 4 is 27.9 Å². The molecule has 0 saturated carbocycles. The molecule has 0 heterocycles. The highest BCUT2D eigenvalue weighted by Crippen LogP contribution is 2.22. The second kappa shape index (κ2) is 4.88. The largest absolute Gasteiger partial charge is 0.298 e. The fraction of sp³-hybridized carbons (Fsp3) is 0.125. The fourth-order valence-corrected chi connectivity index (χ4v) is 2.10. The topological polar surface area (TPSA) is 72.5 Å². The number of hydrogen-bond acceptors (Lipinski definition) is 4. The summed E-state index contributed by atoms with van der Waals surface area (Å²) < 4.78 is 36.1. The SMILES string of the molecule is CONS(=O)(=O)c1cc(C=O)c(Cl)cc1F. The van der Waals surface area contributed by atoms with Gasteiger partial charge in [0.2, 0.25) is 0 Å². The summed E-state index contributed by atoms with van der Waals surface area (Å²) >= 11 is 5.51. The fourth-order valence-electron chi connectivity index (χ4n) is 0.996. The molecular formula is C8H7ClFNO4S. The zero-order chi connectivity index (χ0) is 12.3. The highest BCUT2D eigenvalue weighted by molar-refractivity contribution is 7.89. The lowest BCUT2D eigenvalue weighted by Gasteiger charge is -2.06. The molecule has 0 radical (unpaired) electrons. The van der Waals surface area contributed by atoms with Crippen LogP contribution in [0.4, 0.5) is 4.39 Å². The normalized spacial score (nSPS) is 11.4. The minimum atomic E-state index is -4.16. The predicted molar refractivity (Wildman–Crippen MR) is 54.1 cm³/mol. The van der Waals surface area contributed by atoms with Crippen LogP contribution in [0, 0.1) is 5.82 Å². The summed E-state index contributed by atoms with van der Waals surface area (Å²) in [6.45, 7) is 0. The molecule has 0 bridgehead atoms. The molecule has 0 amide bonds. The predicted octanol–water partition coefficient (Wildman–Crippen LogP) is 1.13. The van der Waals surface area contributed by atoms with Gasteiger partial charge in [-0.15, -0.1) is 0 Å². The van der Waals surface area contributed by atoms with E-state index in [1.165, 1.54) is 0 Å². The number of rotatable bonds is 4. The average molecular weight is 268 g/mol. The second-order valence-electron chi connectivity index (χ2n) is 2.71. The van der Waals surface area contributed by atoms with E-state index in [0.29, 0.717) is 6.29 Å². The van der Waals surface area contributed by atoms with Crippen molar-refractivity contribution in [1.82, 2.24) is 4.89 Å². The first kappa shape index (κ1) is 13.0. The van der Waals surface area contributed by atoms with Crippen LogP contribution in [0.5, 0.6) is 0 Å². The Morgan fingerprint density at radius 3 is 2.62 bits per heavy atom. The standard InChI is InChI=1S/C8H7ClFNO4S/c1-15-11-16(13,14)8-2-5(4-12)6(9)3-7(8)10/h2-4,11H,1H3. The molecule has 0 aliphatic carbocycles. The van der Waals surface area contributed by atoms with Gasteiger partial charge in [0, 0.05) is 5.56 Å². The zero-order valence-corrected chi connectivity index (χ0v) is 9.60. The molecule has 0 unspecified atom stereocenters. The van der Waals surface area contributed by atoms with Gasteiger partial charge in [-0.1, -0.05) is 16.5 Å². The first-order chi connectivity index (χ1) is 7.42. The molecule has 16 heavy (non-hydrogen) atoms. The van der Waals surface area contributed by atoms with Crippen LogP contribution in [0.1, 0.15) is 10.4 Å². The van der Waals surface area contributed by atoms with Gasteiger partial charge in [0.1, 0.15) is 10.7 Å². The molecule has 0 spiro atoms. The summed E-state index contributed by atoms with van der Waals surface area (Å²) in [5.74, 6) is -1.07. The second-order valence-corrected chi connectivity index (χ2v) is 4.73. The van der Waals surface area contributed by atoms with Crippen molar-refractivity contribution in [1.29, 1.82) is 0 Å². The minimum Gasteiger partial charge on any atom is -0.298 e. The van der Waals surface area contributed by atoms with Gasteiger partial charge in [-0.25, -0.2) is 12.8 Å². The molecule has 0 aliphatic heterocycles. The van der Waals surface area contributed by atoms with Crippen LogP contribution >= 0.6 is 11.6 Å². The molecule has 0 atom stereocenters. The van der Waals surface area contributed by atoms with Crippen molar-refractivity contribution in [2.75, 3.05) is 7.11 Å². The van der Waals surface area contributed by atoms with Gasteiger partial charge in [-0.05, 0) is 12.1 Å². The van der Waals surface area contributed by atoms with Crippen LogP contribution < -0.4 is 4.89 Å². The van der Waals surface area contributed by atoms with E-state index >= 15 is 0 Å². The lowest BCUT2D eigenvalue weighted by atomic mass is 10.2. The summed E-state index contributed by atoms with van der Waals surface area (Å²) in [5, 5.41) is -0.163. The smallest absolute Gasteiger partial charge is 0.265 e. The Morgan fingerprint density at radius 2 is 2.12 bits per heavy atom. The van der Waals surface area contributed by atoms with Gasteiger partial charge >= 0.3 is 0 Å². The lowest BCUT2D eigenvalue weighted by Crippen LogP contribution is -2.23. The number of nitrogens with one attached hydrogen (secondary N) is 1. The average Bonchev–Trinajstić information content (AvgIpc) is 2.17. The van der Waals surface area contributed by atoms with Crippen LogP contribution in [0.3, 0.4) is 0 Å². The third kappa shape index (κ3) is 2.56. The van der Waals surface area contributed by atoms with Crippen molar-refractivity contribution < 1.29 is 22.4 Å². The maximum absolute atomic E-state index is 13.3. The van der Waals surface area contributed by atoms with Crippen molar-refractivity contribution in [3.8, 4) is 0 Å². The summed E-state index contributed by atoms with van der Waals surface area (Å²) in [4.78, 5) is 15.6. The summed E-state index contributed by atoms with van der Waals surface area (Å²) in [6.07, 6.45) is 0.327. The van der Waals surface area contributed by atoms with Crippen LogP contribution in [-0.2, 0) is 14.9 Å². The quantitative estimate of drug-likeness (QED) is 0.656. The van der Waals surface area contributed by atoms with Gasteiger partial charge in [-0.3, -0.25) is 9.63 Å². The monoisotopic (exact) mass is 267 g/mol. The van der Waals surface area contributed by atoms with Gasteiger partial charge in [0.05, 0.1) is 12.1 Å². The molecule has 0 aliphatic rings. The first-order valence-corrected chi connectivity index (χ1v) is 5.77. The summed E-state index contributed by atoms with van der Waals surface area (Å²) in [5.41, 5.74) is -0.125. The molecule has 8 heteroatoms. The van der Waals surface area contributed by atoms with Crippen molar-refractivity contribution in [3.05, 3.63) is 28.5 Å². The maximum Gasteiger partial charge on any atom is 0.265 e. The first-order valence-electron chi connectivity index (χ1n) is 3.91. The maximum atomic E-state index is 13.3. The summed E-state index contributed by atoms with van der Waals surface area (Å²) in [7, 11) is -3.09. The minimum absolute atomic E-state index is 0.125. The van der Waals surface area contributed by atoms with E-state index in [-0.39, 0.29) is 10.6 Å². The van der Waals surface area contributed by atoms with Gasteiger partial charge in [0.25, 0.3) is 10.0 Å². The third-order valence-corrected chi connectivity index (χ3v) is 3.27. The van der Waals surface area contributed by atoms with Crippen molar-refractivity contribution in [2.24, 2.45) is 0 Å². The molecular weight excluding hydrogens is 261 g/mol. The Balaban J connectivity index is 3.40. The number of carbonyl (C=O) groups excluding carboxylic acids is 1. The van der Waals surface area contributed by atoms with Gasteiger partial charge < -0.3 is 0 Å². The van der Waals surface area contributed by atoms with Crippen molar-refractivity contribution in [2.45, 2.75) is 4.90 Å². The van der Waals surface area contributed by atoms with E-state index < -0.39 is 20.7 Å². The van der Waals surface area contributed by atoms with E-state index in [1.807, 2.05) is 0 Å². The van der Waals surface area contributed by atoms with E-state index in [4.69, 9.17) is 11.6 Å². The lowest BCUT2D eigenvalue weighted by molar-refractivity contribution is 0.112. The van der Waals surface area contributed by atoms with Crippen LogP contribution in [-0.4, -0.2) is 21.8 Å². The molecule has 0 fully saturated rings. The van der Waals surface area contributed by atoms with Gasteiger partial charge in [-0.2, -0.15) is 0 Å². The number of halogens is 2. The zero-order valence-electron chi connectivity index (χ0n) is 8.03. The number of benzene rings is 1. The Hall–Kier alpha value is -1.02. The van der Waals surface area contributed by atoms with E-state index in [1.54, 1.807) is 4.89 Å².